The van der Waals surface area contributed by atoms with E-state index in [1.807, 2.05) is 6.92 Å². The third-order valence-electron chi connectivity index (χ3n) is 3.61. The minimum absolute atomic E-state index is 0. The lowest BCUT2D eigenvalue weighted by atomic mass is 9.88. The molecule has 118 valence electrons. The predicted octanol–water partition coefficient (Wildman–Crippen LogP) is -0.173. The lowest BCUT2D eigenvalue weighted by molar-refractivity contribution is -0.143. The van der Waals surface area contributed by atoms with Gasteiger partial charge in [0.05, 0.1) is 13.2 Å². The molecule has 1 aliphatic heterocycles. The van der Waals surface area contributed by atoms with Crippen LogP contribution in [0.4, 0.5) is 0 Å². The highest BCUT2D eigenvalue weighted by atomic mass is 35.5. The summed E-state index contributed by atoms with van der Waals surface area (Å²) in [6.45, 7) is 4.73. The van der Waals surface area contributed by atoms with Gasteiger partial charge in [0.25, 0.3) is 0 Å². The molecule has 0 aromatic rings. The van der Waals surface area contributed by atoms with Crippen LogP contribution in [0.5, 0.6) is 0 Å². The molecule has 1 fully saturated rings. The highest BCUT2D eigenvalue weighted by Gasteiger charge is 2.32. The van der Waals surface area contributed by atoms with Gasteiger partial charge >= 0.3 is 0 Å². The van der Waals surface area contributed by atoms with Crippen molar-refractivity contribution < 1.29 is 14.3 Å². The standard InChI is InChI=1S/C13H25N3O3.ClH/c1-10(11-7-14-8-11)13(18)16(5-6-19-4)9-12(17)15(2)3;/h10-11,14H,5-9H2,1-4H3;1H. The smallest absolute Gasteiger partial charge is 0.241 e. The monoisotopic (exact) mass is 307 g/mol. The number of carbonyl (C=O) groups excluding carboxylic acids is 2. The van der Waals surface area contributed by atoms with Crippen molar-refractivity contribution in [2.45, 2.75) is 6.92 Å². The summed E-state index contributed by atoms with van der Waals surface area (Å²) in [6.07, 6.45) is 0. The number of nitrogens with zero attached hydrogens (tertiary/aromatic N) is 2. The Morgan fingerprint density at radius 3 is 2.35 bits per heavy atom. The zero-order valence-corrected chi connectivity index (χ0v) is 13.5. The second kappa shape index (κ2) is 9.15. The van der Waals surface area contributed by atoms with Crippen molar-refractivity contribution in [2.75, 3.05) is 54.0 Å². The zero-order chi connectivity index (χ0) is 14.4. The van der Waals surface area contributed by atoms with Gasteiger partial charge in [0.15, 0.2) is 0 Å². The fourth-order valence-electron chi connectivity index (χ4n) is 1.93. The largest absolute Gasteiger partial charge is 0.383 e. The number of amides is 2. The van der Waals surface area contributed by atoms with Gasteiger partial charge in [-0.15, -0.1) is 12.4 Å². The molecule has 1 saturated heterocycles. The molecule has 0 bridgehead atoms. The van der Waals surface area contributed by atoms with Crippen molar-refractivity contribution in [3.8, 4) is 0 Å². The molecule has 0 aromatic heterocycles. The molecule has 1 aliphatic rings. The van der Waals surface area contributed by atoms with Crippen LogP contribution >= 0.6 is 12.4 Å². The van der Waals surface area contributed by atoms with Gasteiger partial charge in [-0.2, -0.15) is 0 Å². The third kappa shape index (κ3) is 5.26. The number of nitrogens with one attached hydrogen (secondary N) is 1. The van der Waals surface area contributed by atoms with Crippen LogP contribution in [-0.2, 0) is 14.3 Å². The van der Waals surface area contributed by atoms with Crippen molar-refractivity contribution >= 4 is 24.2 Å². The number of rotatable bonds is 7. The molecule has 0 radical (unpaired) electrons. The van der Waals surface area contributed by atoms with Crippen molar-refractivity contribution in [3.63, 3.8) is 0 Å². The summed E-state index contributed by atoms with van der Waals surface area (Å²) >= 11 is 0. The van der Waals surface area contributed by atoms with E-state index in [0.29, 0.717) is 19.1 Å². The normalized spacial score (nSPS) is 15.8. The van der Waals surface area contributed by atoms with Crippen molar-refractivity contribution in [1.29, 1.82) is 0 Å². The number of likely N-dealkylation sites (N-methyl/N-ethyl adjacent to an activating group) is 1. The van der Waals surface area contributed by atoms with Crippen LogP contribution in [0.2, 0.25) is 0 Å². The summed E-state index contributed by atoms with van der Waals surface area (Å²) in [6, 6.07) is 0. The van der Waals surface area contributed by atoms with Crippen LogP contribution in [0.15, 0.2) is 0 Å². The molecule has 7 heteroatoms. The fourth-order valence-corrected chi connectivity index (χ4v) is 1.93. The van der Waals surface area contributed by atoms with Crippen LogP contribution in [0.3, 0.4) is 0 Å². The van der Waals surface area contributed by atoms with E-state index in [-0.39, 0.29) is 36.7 Å². The molecule has 1 unspecified atom stereocenters. The summed E-state index contributed by atoms with van der Waals surface area (Å²) in [5.41, 5.74) is 0. The first-order valence-electron chi connectivity index (χ1n) is 6.66. The lowest BCUT2D eigenvalue weighted by Gasteiger charge is -2.35. The lowest BCUT2D eigenvalue weighted by Crippen LogP contribution is -2.52. The maximum atomic E-state index is 12.4. The van der Waals surface area contributed by atoms with E-state index in [4.69, 9.17) is 4.74 Å². The van der Waals surface area contributed by atoms with Crippen LogP contribution in [0.1, 0.15) is 6.92 Å². The Bertz CT molecular complexity index is 322. The Labute approximate surface area is 127 Å². The topological polar surface area (TPSA) is 61.9 Å². The average molecular weight is 308 g/mol. The molecule has 20 heavy (non-hydrogen) atoms. The fraction of sp³-hybridized carbons (Fsp3) is 0.846. The third-order valence-corrected chi connectivity index (χ3v) is 3.61. The highest BCUT2D eigenvalue weighted by Crippen LogP contribution is 2.18. The molecule has 0 aliphatic carbocycles. The van der Waals surface area contributed by atoms with Crippen molar-refractivity contribution in [1.82, 2.24) is 15.1 Å². The van der Waals surface area contributed by atoms with Crippen LogP contribution in [0, 0.1) is 11.8 Å². The van der Waals surface area contributed by atoms with E-state index in [9.17, 15) is 9.59 Å². The number of halogens is 1. The van der Waals surface area contributed by atoms with E-state index >= 15 is 0 Å². The molecule has 0 spiro atoms. The molecule has 2 amide bonds. The van der Waals surface area contributed by atoms with Gasteiger partial charge in [0.2, 0.25) is 11.8 Å². The second-order valence-corrected chi connectivity index (χ2v) is 5.25. The molecular formula is C13H26ClN3O3. The number of hydrogen-bond acceptors (Lipinski definition) is 4. The van der Waals surface area contributed by atoms with Gasteiger partial charge in [-0.1, -0.05) is 6.92 Å². The second-order valence-electron chi connectivity index (χ2n) is 5.25. The van der Waals surface area contributed by atoms with Crippen molar-refractivity contribution in [2.24, 2.45) is 11.8 Å². The number of methoxy groups -OCH3 is 1. The Balaban J connectivity index is 0.00000361. The molecule has 6 nitrogen and oxygen atoms in total. The summed E-state index contributed by atoms with van der Waals surface area (Å²) in [5.74, 6) is 0.308. The highest BCUT2D eigenvalue weighted by molar-refractivity contribution is 5.86. The van der Waals surface area contributed by atoms with Crippen LogP contribution < -0.4 is 5.32 Å². The van der Waals surface area contributed by atoms with Crippen molar-refractivity contribution in [3.05, 3.63) is 0 Å². The van der Waals surface area contributed by atoms with E-state index in [1.54, 1.807) is 26.1 Å². The zero-order valence-electron chi connectivity index (χ0n) is 12.7. The van der Waals surface area contributed by atoms with E-state index in [1.165, 1.54) is 4.90 Å². The summed E-state index contributed by atoms with van der Waals surface area (Å²) in [7, 11) is 4.98. The number of hydrogen-bond donors (Lipinski definition) is 1. The number of ether oxygens (including phenoxy) is 1. The molecule has 0 saturated carbocycles. The predicted molar refractivity (Wildman–Crippen MR) is 79.9 cm³/mol. The Hall–Kier alpha value is -0.850. The minimum Gasteiger partial charge on any atom is -0.383 e. The number of carbonyl (C=O) groups is 2. The SMILES string of the molecule is COCCN(CC(=O)N(C)C)C(=O)C(C)C1CNC1.Cl. The van der Waals surface area contributed by atoms with E-state index < -0.39 is 0 Å². The van der Waals surface area contributed by atoms with Crippen LogP contribution in [0.25, 0.3) is 0 Å². The molecule has 1 rings (SSSR count). The molecule has 0 aromatic carbocycles. The maximum Gasteiger partial charge on any atom is 0.241 e. The Morgan fingerprint density at radius 2 is 1.95 bits per heavy atom. The summed E-state index contributed by atoms with van der Waals surface area (Å²) < 4.78 is 5.01. The summed E-state index contributed by atoms with van der Waals surface area (Å²) in [5, 5.41) is 3.17. The van der Waals surface area contributed by atoms with E-state index in [0.717, 1.165) is 13.1 Å². The average Bonchev–Trinajstić information content (AvgIpc) is 2.30. The molecule has 1 N–H and O–H groups in total. The van der Waals surface area contributed by atoms with Gasteiger partial charge in [-0.25, -0.2) is 0 Å². The maximum absolute atomic E-state index is 12.4. The van der Waals surface area contributed by atoms with Gasteiger partial charge < -0.3 is 19.9 Å². The molecular weight excluding hydrogens is 282 g/mol. The minimum atomic E-state index is -0.0663. The van der Waals surface area contributed by atoms with Gasteiger partial charge in [0, 0.05) is 33.7 Å². The quantitative estimate of drug-likeness (QED) is 0.709. The van der Waals surface area contributed by atoms with E-state index in [2.05, 4.69) is 5.32 Å². The molecule has 1 heterocycles. The first-order chi connectivity index (χ1) is 8.97. The first-order valence-corrected chi connectivity index (χ1v) is 6.66. The van der Waals surface area contributed by atoms with Gasteiger partial charge in [-0.3, -0.25) is 9.59 Å². The van der Waals surface area contributed by atoms with Crippen LogP contribution in [-0.4, -0.2) is 75.6 Å². The van der Waals surface area contributed by atoms with Gasteiger partial charge in [0.1, 0.15) is 0 Å². The molecule has 1 atom stereocenters. The first kappa shape index (κ1) is 19.1. The summed E-state index contributed by atoms with van der Waals surface area (Å²) in [4.78, 5) is 27.3. The van der Waals surface area contributed by atoms with Gasteiger partial charge in [-0.05, 0) is 19.0 Å². The Kier molecular flexibility index (Phi) is 8.76. The Morgan fingerprint density at radius 1 is 1.35 bits per heavy atom.